The molecule has 1 unspecified atom stereocenters. The molecule has 1 aliphatic rings. The number of ether oxygens (including phenoxy) is 2. The Hall–Kier alpha value is -2.74. The van der Waals surface area contributed by atoms with Crippen molar-refractivity contribution in [3.8, 4) is 17.1 Å². The number of halogens is 2. The summed E-state index contributed by atoms with van der Waals surface area (Å²) in [7, 11) is 1.46. The molecule has 1 atom stereocenters. The van der Waals surface area contributed by atoms with Gasteiger partial charge >= 0.3 is 5.97 Å². The Labute approximate surface area is 160 Å². The van der Waals surface area contributed by atoms with Gasteiger partial charge in [-0.1, -0.05) is 16.8 Å². The van der Waals surface area contributed by atoms with Gasteiger partial charge in [0.2, 0.25) is 11.5 Å². The van der Waals surface area contributed by atoms with E-state index in [-0.39, 0.29) is 23.6 Å². The average molecular weight is 394 g/mol. The number of hydrogen-bond donors (Lipinski definition) is 0. The largest absolute Gasteiger partial charge is 0.480 e. The fourth-order valence-electron chi connectivity index (χ4n) is 2.62. The van der Waals surface area contributed by atoms with Crippen LogP contribution in [0.25, 0.3) is 11.3 Å². The number of carbonyl (C=O) groups is 1. The number of esters is 1. The number of methoxy groups -OCH3 is 1. The molecule has 2 heterocycles. The average Bonchev–Trinajstić information content (AvgIpc) is 3.05. The third-order valence-electron chi connectivity index (χ3n) is 4.06. The molecule has 7 nitrogen and oxygen atoms in total. The van der Waals surface area contributed by atoms with E-state index in [0.717, 1.165) is 0 Å². The molecule has 142 valence electrons. The van der Waals surface area contributed by atoms with E-state index in [1.54, 1.807) is 26.0 Å². The number of rotatable bonds is 5. The summed E-state index contributed by atoms with van der Waals surface area (Å²) in [4.78, 5) is 17.4. The molecule has 0 N–H and O–H groups in total. The Kier molecular flexibility index (Phi) is 5.27. The maximum atomic E-state index is 14.4. The van der Waals surface area contributed by atoms with Gasteiger partial charge < -0.3 is 14.3 Å². The minimum Gasteiger partial charge on any atom is -0.480 e. The zero-order chi connectivity index (χ0) is 19.6. The van der Waals surface area contributed by atoms with Crippen LogP contribution < -0.4 is 4.74 Å². The SMILES string of the molecule is CCOC(=O)C1(C)CC(c2cc(-c3ccc(OC)nn3)c(F)cc2Cl)=NO1. The second-order valence-corrected chi connectivity index (χ2v) is 6.44. The molecule has 2 aromatic rings. The van der Waals surface area contributed by atoms with E-state index >= 15 is 0 Å². The zero-order valence-corrected chi connectivity index (χ0v) is 15.7. The lowest BCUT2D eigenvalue weighted by molar-refractivity contribution is -0.166. The van der Waals surface area contributed by atoms with E-state index in [1.165, 1.54) is 19.2 Å². The predicted molar refractivity (Wildman–Crippen MR) is 96.3 cm³/mol. The van der Waals surface area contributed by atoms with Crippen molar-refractivity contribution in [2.45, 2.75) is 25.9 Å². The Bertz CT molecular complexity index is 904. The molecule has 0 radical (unpaired) electrons. The smallest absolute Gasteiger partial charge is 0.353 e. The Morgan fingerprint density at radius 2 is 2.11 bits per heavy atom. The maximum Gasteiger partial charge on any atom is 0.353 e. The summed E-state index contributed by atoms with van der Waals surface area (Å²) in [5.74, 6) is -0.772. The van der Waals surface area contributed by atoms with E-state index in [1.807, 2.05) is 0 Å². The highest BCUT2D eigenvalue weighted by atomic mass is 35.5. The Morgan fingerprint density at radius 3 is 2.74 bits per heavy atom. The normalized spacial score (nSPS) is 18.6. The van der Waals surface area contributed by atoms with E-state index in [0.29, 0.717) is 22.8 Å². The van der Waals surface area contributed by atoms with Crippen molar-refractivity contribution in [2.75, 3.05) is 13.7 Å². The number of oxime groups is 1. The first-order valence-electron chi connectivity index (χ1n) is 8.17. The van der Waals surface area contributed by atoms with Gasteiger partial charge in [0.1, 0.15) is 5.82 Å². The van der Waals surface area contributed by atoms with Gasteiger partial charge in [0.25, 0.3) is 0 Å². The third kappa shape index (κ3) is 3.71. The van der Waals surface area contributed by atoms with E-state index in [9.17, 15) is 9.18 Å². The van der Waals surface area contributed by atoms with E-state index in [2.05, 4.69) is 15.4 Å². The number of benzene rings is 1. The van der Waals surface area contributed by atoms with Gasteiger partial charge in [-0.05, 0) is 32.0 Å². The zero-order valence-electron chi connectivity index (χ0n) is 15.0. The van der Waals surface area contributed by atoms with Crippen LogP contribution in [0.5, 0.6) is 5.88 Å². The van der Waals surface area contributed by atoms with Gasteiger partial charge in [0.15, 0.2) is 0 Å². The van der Waals surface area contributed by atoms with Crippen molar-refractivity contribution >= 4 is 23.3 Å². The van der Waals surface area contributed by atoms with E-state index < -0.39 is 17.4 Å². The van der Waals surface area contributed by atoms with Crippen LogP contribution in [0.1, 0.15) is 25.8 Å². The third-order valence-corrected chi connectivity index (χ3v) is 4.37. The maximum absolute atomic E-state index is 14.4. The minimum absolute atomic E-state index is 0.144. The first-order chi connectivity index (χ1) is 12.9. The molecule has 0 spiro atoms. The molecule has 0 amide bonds. The molecule has 0 aliphatic carbocycles. The Morgan fingerprint density at radius 1 is 1.33 bits per heavy atom. The number of aromatic nitrogens is 2. The summed E-state index contributed by atoms with van der Waals surface area (Å²) >= 11 is 6.20. The van der Waals surface area contributed by atoms with Crippen molar-refractivity contribution in [1.82, 2.24) is 10.2 Å². The highest BCUT2D eigenvalue weighted by molar-refractivity contribution is 6.34. The van der Waals surface area contributed by atoms with Crippen LogP contribution in [0.3, 0.4) is 0 Å². The second-order valence-electron chi connectivity index (χ2n) is 6.03. The molecular weight excluding hydrogens is 377 g/mol. The molecule has 0 fully saturated rings. The summed E-state index contributed by atoms with van der Waals surface area (Å²) in [6.07, 6.45) is 0.144. The fourth-order valence-corrected chi connectivity index (χ4v) is 2.88. The van der Waals surface area contributed by atoms with Crippen molar-refractivity contribution in [3.05, 3.63) is 40.7 Å². The van der Waals surface area contributed by atoms with Crippen LogP contribution in [0, 0.1) is 5.82 Å². The molecule has 0 bridgehead atoms. The van der Waals surface area contributed by atoms with Crippen molar-refractivity contribution in [3.63, 3.8) is 0 Å². The summed E-state index contributed by atoms with van der Waals surface area (Å²) in [6, 6.07) is 5.83. The molecule has 0 saturated carbocycles. The topological polar surface area (TPSA) is 82.9 Å². The van der Waals surface area contributed by atoms with Crippen LogP contribution in [-0.2, 0) is 14.4 Å². The summed E-state index contributed by atoms with van der Waals surface area (Å²) in [5.41, 5.74) is 0.108. The lowest BCUT2D eigenvalue weighted by Crippen LogP contribution is -2.37. The van der Waals surface area contributed by atoms with E-state index in [4.69, 9.17) is 25.9 Å². The number of carbonyl (C=O) groups excluding carboxylic acids is 1. The molecule has 0 saturated heterocycles. The standard InChI is InChI=1S/C18H17ClFN3O4/c1-4-26-17(24)18(2)9-15(23-27-18)10-7-11(13(20)8-12(10)19)14-5-6-16(25-3)22-21-14/h5-8H,4,9H2,1-3H3. The van der Waals surface area contributed by atoms with Crippen LogP contribution in [-0.4, -0.2) is 41.2 Å². The number of nitrogens with zero attached hydrogens (tertiary/aromatic N) is 3. The quantitative estimate of drug-likeness (QED) is 0.724. The van der Waals surface area contributed by atoms with Crippen molar-refractivity contribution in [1.29, 1.82) is 0 Å². The van der Waals surface area contributed by atoms with Crippen molar-refractivity contribution < 1.29 is 23.5 Å². The first-order valence-corrected chi connectivity index (χ1v) is 8.55. The lowest BCUT2D eigenvalue weighted by Gasteiger charge is -2.18. The van der Waals surface area contributed by atoms with Crippen molar-refractivity contribution in [2.24, 2.45) is 5.16 Å². The van der Waals surface area contributed by atoms with Gasteiger partial charge in [-0.3, -0.25) is 0 Å². The highest BCUT2D eigenvalue weighted by Gasteiger charge is 2.44. The molecule has 1 aliphatic heterocycles. The fraction of sp³-hybridized carbons (Fsp3) is 0.333. The first kappa shape index (κ1) is 19.0. The van der Waals surface area contributed by atoms with Crippen LogP contribution in [0.2, 0.25) is 5.02 Å². The second kappa shape index (κ2) is 7.48. The summed E-state index contributed by atoms with van der Waals surface area (Å²) in [6.45, 7) is 3.51. The van der Waals surface area contributed by atoms with Gasteiger partial charge in [0.05, 0.1) is 30.1 Å². The molecule has 1 aromatic carbocycles. The molecule has 3 rings (SSSR count). The van der Waals surface area contributed by atoms with Crippen LogP contribution >= 0.6 is 11.6 Å². The Balaban J connectivity index is 1.94. The summed E-state index contributed by atoms with van der Waals surface area (Å²) in [5, 5.41) is 11.9. The molecule has 27 heavy (non-hydrogen) atoms. The summed E-state index contributed by atoms with van der Waals surface area (Å²) < 4.78 is 24.4. The molecular formula is C18H17ClFN3O4. The molecule has 9 heteroatoms. The minimum atomic E-state index is -1.25. The van der Waals surface area contributed by atoms with Crippen LogP contribution in [0.4, 0.5) is 4.39 Å². The number of hydrogen-bond acceptors (Lipinski definition) is 7. The van der Waals surface area contributed by atoms with Gasteiger partial charge in [0, 0.05) is 23.6 Å². The predicted octanol–water partition coefficient (Wildman–Crippen LogP) is 3.39. The van der Waals surface area contributed by atoms with Crippen LogP contribution in [0.15, 0.2) is 29.4 Å². The van der Waals surface area contributed by atoms with Gasteiger partial charge in [-0.15, -0.1) is 10.2 Å². The van der Waals surface area contributed by atoms with Gasteiger partial charge in [-0.2, -0.15) is 0 Å². The van der Waals surface area contributed by atoms with Gasteiger partial charge in [-0.25, -0.2) is 9.18 Å². The lowest BCUT2D eigenvalue weighted by atomic mass is 9.94. The highest BCUT2D eigenvalue weighted by Crippen LogP contribution is 2.34. The molecule has 1 aromatic heterocycles. The monoisotopic (exact) mass is 393 g/mol.